The van der Waals surface area contributed by atoms with E-state index in [1.807, 2.05) is 23.1 Å². The second-order valence-corrected chi connectivity index (χ2v) is 7.76. The number of nitrogens with zero attached hydrogens (tertiary/aromatic N) is 3. The Hall–Kier alpha value is -2.35. The highest BCUT2D eigenvalue weighted by Crippen LogP contribution is 2.25. The minimum atomic E-state index is -4.08. The van der Waals surface area contributed by atoms with Crippen LogP contribution in [0.2, 0.25) is 0 Å². The van der Waals surface area contributed by atoms with Crippen molar-refractivity contribution in [1.29, 1.82) is 0 Å². The predicted molar refractivity (Wildman–Crippen MR) is 92.3 cm³/mol. The molecule has 0 aliphatic carbocycles. The zero-order chi connectivity index (χ0) is 18.2. The molecule has 2 heterocycles. The minimum absolute atomic E-state index is 0.00881. The molecule has 0 spiro atoms. The molecular weight excluding hydrogens is 342 g/mol. The number of carbonyl (C=O) groups is 2. The van der Waals surface area contributed by atoms with Crippen LogP contribution in [-0.4, -0.2) is 53.4 Å². The minimum Gasteiger partial charge on any atom is -0.372 e. The van der Waals surface area contributed by atoms with E-state index in [9.17, 15) is 18.0 Å². The molecule has 0 unspecified atom stereocenters. The van der Waals surface area contributed by atoms with E-state index in [1.165, 1.54) is 11.8 Å². The highest BCUT2D eigenvalue weighted by atomic mass is 32.2. The van der Waals surface area contributed by atoms with Crippen molar-refractivity contribution in [2.75, 3.05) is 19.6 Å². The summed E-state index contributed by atoms with van der Waals surface area (Å²) >= 11 is 0. The Morgan fingerprint density at radius 3 is 2.12 bits per heavy atom. The molecular formula is C17H21N3O4S. The van der Waals surface area contributed by atoms with Gasteiger partial charge in [-0.25, -0.2) is 8.61 Å². The molecule has 3 rings (SSSR count). The number of carbonyl (C=O) groups excluding carboxylic acids is 2. The molecule has 2 aliphatic heterocycles. The third-order valence-corrected chi connectivity index (χ3v) is 6.48. The van der Waals surface area contributed by atoms with Crippen LogP contribution in [-0.2, 0) is 32.8 Å². The SMILES string of the molecule is CCN1C(=O)C(=CN2CCc3ccccc3C2)C(=O)N(CC)S1(=O)=O. The van der Waals surface area contributed by atoms with Crippen molar-refractivity contribution in [2.45, 2.75) is 26.8 Å². The second-order valence-electron chi connectivity index (χ2n) is 5.98. The fourth-order valence-corrected chi connectivity index (χ4v) is 4.73. The highest BCUT2D eigenvalue weighted by molar-refractivity contribution is 7.88. The number of rotatable bonds is 3. The van der Waals surface area contributed by atoms with Gasteiger partial charge in [0.05, 0.1) is 0 Å². The summed E-state index contributed by atoms with van der Waals surface area (Å²) < 4.78 is 26.2. The molecule has 0 N–H and O–H groups in total. The maximum Gasteiger partial charge on any atom is 0.331 e. The number of benzene rings is 1. The topological polar surface area (TPSA) is 78.0 Å². The van der Waals surface area contributed by atoms with Gasteiger partial charge in [-0.2, -0.15) is 8.42 Å². The largest absolute Gasteiger partial charge is 0.372 e. The van der Waals surface area contributed by atoms with E-state index >= 15 is 0 Å². The number of hydrogen-bond donors (Lipinski definition) is 0. The standard InChI is InChI=1S/C17H21N3O4S/c1-3-19-16(21)15(17(22)20(4-2)25(19,23)24)12-18-10-9-13-7-5-6-8-14(13)11-18/h5-8,12H,3-4,9-11H2,1-2H3. The molecule has 1 saturated heterocycles. The molecule has 8 heteroatoms. The van der Waals surface area contributed by atoms with Gasteiger partial charge in [-0.1, -0.05) is 24.3 Å². The highest BCUT2D eigenvalue weighted by Gasteiger charge is 2.45. The van der Waals surface area contributed by atoms with Gasteiger partial charge in [0.1, 0.15) is 5.57 Å². The molecule has 0 aromatic heterocycles. The van der Waals surface area contributed by atoms with Crippen LogP contribution in [0.4, 0.5) is 0 Å². The Labute approximate surface area is 147 Å². The summed E-state index contributed by atoms with van der Waals surface area (Å²) in [5, 5.41) is 0. The van der Waals surface area contributed by atoms with Crippen molar-refractivity contribution in [3.8, 4) is 0 Å². The fourth-order valence-electron chi connectivity index (χ4n) is 3.22. The van der Waals surface area contributed by atoms with Crippen molar-refractivity contribution in [1.82, 2.24) is 13.5 Å². The molecule has 0 atom stereocenters. The van der Waals surface area contributed by atoms with Crippen LogP contribution >= 0.6 is 0 Å². The average Bonchev–Trinajstić information content (AvgIpc) is 2.59. The van der Waals surface area contributed by atoms with Gasteiger partial charge in [0, 0.05) is 32.4 Å². The number of fused-ring (bicyclic) bond motifs is 1. The average molecular weight is 363 g/mol. The summed E-state index contributed by atoms with van der Waals surface area (Å²) in [5.74, 6) is -1.51. The Morgan fingerprint density at radius 1 is 1.00 bits per heavy atom. The molecule has 0 bridgehead atoms. The first-order chi connectivity index (χ1) is 11.9. The first kappa shape index (κ1) is 17.5. The molecule has 1 fully saturated rings. The van der Waals surface area contributed by atoms with Crippen molar-refractivity contribution in [2.24, 2.45) is 0 Å². The normalized spacial score (nSPS) is 19.9. The van der Waals surface area contributed by atoms with Crippen LogP contribution in [0.3, 0.4) is 0 Å². The van der Waals surface area contributed by atoms with Gasteiger partial charge in [-0.3, -0.25) is 9.59 Å². The van der Waals surface area contributed by atoms with E-state index in [4.69, 9.17) is 0 Å². The lowest BCUT2D eigenvalue weighted by Gasteiger charge is -2.35. The van der Waals surface area contributed by atoms with E-state index < -0.39 is 22.0 Å². The lowest BCUT2D eigenvalue weighted by atomic mass is 10.00. The van der Waals surface area contributed by atoms with E-state index in [0.717, 1.165) is 20.6 Å². The van der Waals surface area contributed by atoms with Crippen LogP contribution < -0.4 is 0 Å². The first-order valence-electron chi connectivity index (χ1n) is 8.31. The van der Waals surface area contributed by atoms with E-state index in [1.54, 1.807) is 13.8 Å². The summed E-state index contributed by atoms with van der Waals surface area (Å²) in [5.41, 5.74) is 2.30. The Morgan fingerprint density at radius 2 is 1.56 bits per heavy atom. The summed E-state index contributed by atoms with van der Waals surface area (Å²) in [6, 6.07) is 8.04. The molecule has 7 nitrogen and oxygen atoms in total. The van der Waals surface area contributed by atoms with Crippen molar-refractivity contribution in [3.63, 3.8) is 0 Å². The van der Waals surface area contributed by atoms with Crippen LogP contribution in [0.15, 0.2) is 36.0 Å². The smallest absolute Gasteiger partial charge is 0.331 e. The lowest BCUT2D eigenvalue weighted by molar-refractivity contribution is -0.131. The van der Waals surface area contributed by atoms with Crippen molar-refractivity contribution >= 4 is 22.0 Å². The van der Waals surface area contributed by atoms with Crippen LogP contribution in [0.1, 0.15) is 25.0 Å². The zero-order valence-corrected chi connectivity index (χ0v) is 15.1. The van der Waals surface area contributed by atoms with Gasteiger partial charge < -0.3 is 4.90 Å². The molecule has 25 heavy (non-hydrogen) atoms. The second kappa shape index (κ2) is 6.51. The molecule has 0 saturated carbocycles. The molecule has 2 aliphatic rings. The molecule has 1 aromatic carbocycles. The van der Waals surface area contributed by atoms with Crippen LogP contribution in [0.5, 0.6) is 0 Å². The maximum absolute atomic E-state index is 12.6. The summed E-state index contributed by atoms with van der Waals surface area (Å²) in [6.45, 7) is 4.40. The Kier molecular flexibility index (Phi) is 4.55. The quantitative estimate of drug-likeness (QED) is 0.589. The molecule has 1 aromatic rings. The van der Waals surface area contributed by atoms with Crippen molar-refractivity contribution < 1.29 is 18.0 Å². The first-order valence-corrected chi connectivity index (χ1v) is 9.71. The van der Waals surface area contributed by atoms with E-state index in [2.05, 4.69) is 6.07 Å². The number of amides is 2. The van der Waals surface area contributed by atoms with Crippen LogP contribution in [0, 0.1) is 0 Å². The third-order valence-electron chi connectivity index (χ3n) is 4.52. The summed E-state index contributed by atoms with van der Waals surface area (Å²) in [6.07, 6.45) is 2.33. The van der Waals surface area contributed by atoms with Gasteiger partial charge in [-0.05, 0) is 31.4 Å². The number of likely N-dealkylation sites (N-methyl/N-ethyl adjacent to an activating group) is 2. The van der Waals surface area contributed by atoms with Gasteiger partial charge in [-0.15, -0.1) is 0 Å². The van der Waals surface area contributed by atoms with Gasteiger partial charge in [0.15, 0.2) is 0 Å². The molecule has 134 valence electrons. The van der Waals surface area contributed by atoms with Gasteiger partial charge >= 0.3 is 10.2 Å². The summed E-state index contributed by atoms with van der Waals surface area (Å²) in [7, 11) is -4.08. The lowest BCUT2D eigenvalue weighted by Crippen LogP contribution is -2.56. The molecule has 0 radical (unpaired) electrons. The Bertz CT molecular complexity index is 815. The molecule has 2 amide bonds. The number of hydrogen-bond acceptors (Lipinski definition) is 5. The van der Waals surface area contributed by atoms with Crippen LogP contribution in [0.25, 0.3) is 0 Å². The van der Waals surface area contributed by atoms with E-state index in [0.29, 0.717) is 13.1 Å². The van der Waals surface area contributed by atoms with Crippen molar-refractivity contribution in [3.05, 3.63) is 47.2 Å². The fraction of sp³-hybridized carbons (Fsp3) is 0.412. The van der Waals surface area contributed by atoms with Gasteiger partial charge in [0.2, 0.25) is 0 Å². The summed E-state index contributed by atoms with van der Waals surface area (Å²) in [4.78, 5) is 27.0. The zero-order valence-electron chi connectivity index (χ0n) is 14.3. The van der Waals surface area contributed by atoms with Gasteiger partial charge in [0.25, 0.3) is 11.8 Å². The predicted octanol–water partition coefficient (Wildman–Crippen LogP) is 0.884. The third kappa shape index (κ3) is 2.90. The monoisotopic (exact) mass is 363 g/mol. The van der Waals surface area contributed by atoms with E-state index in [-0.39, 0.29) is 18.7 Å². The Balaban J connectivity index is 1.94. The maximum atomic E-state index is 12.6.